The summed E-state index contributed by atoms with van der Waals surface area (Å²) in [5, 5.41) is 0. The molecule has 0 saturated heterocycles. The van der Waals surface area contributed by atoms with E-state index in [2.05, 4.69) is 111 Å². The average molecular weight is 1370 g/mol. The van der Waals surface area contributed by atoms with E-state index in [0.717, 1.165) is 51.4 Å². The van der Waals surface area contributed by atoms with Crippen molar-refractivity contribution in [3.63, 3.8) is 0 Å². The van der Waals surface area contributed by atoms with Crippen molar-refractivity contribution in [3.05, 3.63) is 27.7 Å². The van der Waals surface area contributed by atoms with Gasteiger partial charge in [0.2, 0.25) is 0 Å². The zero-order chi connectivity index (χ0) is 68.6. The second-order valence-corrected chi connectivity index (χ2v) is 29.6. The number of phosphoric ester groups is 2. The van der Waals surface area contributed by atoms with Gasteiger partial charge in [0.25, 0.3) is 0 Å². The van der Waals surface area contributed by atoms with Crippen LogP contribution in [0.1, 0.15) is 443 Å². The molecule has 0 heterocycles. The maximum atomic E-state index is 11.8. The Bertz CT molecular complexity index is 1130. The van der Waals surface area contributed by atoms with E-state index >= 15 is 0 Å². The number of hydrogen-bond acceptors (Lipinski definition) is 6. The van der Waals surface area contributed by atoms with Crippen molar-refractivity contribution in [2.45, 2.75) is 443 Å². The van der Waals surface area contributed by atoms with Gasteiger partial charge in [0.1, 0.15) is 0 Å². The van der Waals surface area contributed by atoms with E-state index in [0.29, 0.717) is 50.1 Å². The minimum atomic E-state index is -3.85. The molecule has 8 nitrogen and oxygen atoms in total. The first-order valence-electron chi connectivity index (χ1n) is 40.0. The summed E-state index contributed by atoms with van der Waals surface area (Å²) in [4.78, 5) is 19.4. The molecule has 0 aliphatic rings. The summed E-state index contributed by atoms with van der Waals surface area (Å²) in [5.74, 6) is 2.81. The van der Waals surface area contributed by atoms with Crippen LogP contribution in [0.15, 0.2) is 0 Å². The molecule has 0 amide bonds. The summed E-state index contributed by atoms with van der Waals surface area (Å²) in [6.45, 7) is 44.0. The van der Waals surface area contributed by atoms with Crippen LogP contribution in [0.3, 0.4) is 0 Å². The molecule has 554 valence electrons. The predicted octanol–water partition coefficient (Wildman–Crippen LogP) is 30.1. The molecule has 91 heavy (non-hydrogen) atoms. The summed E-state index contributed by atoms with van der Waals surface area (Å²) < 4.78 is 44.0. The van der Waals surface area contributed by atoms with Gasteiger partial charge >= 0.3 is 37.4 Å². The molecule has 11 heteroatoms. The van der Waals surface area contributed by atoms with Crippen molar-refractivity contribution in [2.75, 3.05) is 26.4 Å². The van der Waals surface area contributed by atoms with Crippen LogP contribution >= 0.6 is 15.6 Å². The number of unbranched alkanes of at least 4 members (excludes halogenated alkanes) is 40. The Morgan fingerprint density at radius 3 is 0.473 bits per heavy atom. The molecule has 0 saturated carbocycles. The first kappa shape index (κ1) is 105. The monoisotopic (exact) mass is 1370 g/mol. The van der Waals surface area contributed by atoms with Gasteiger partial charge in [0.05, 0.1) is 26.4 Å². The third-order valence-corrected chi connectivity index (χ3v) is 19.2. The van der Waals surface area contributed by atoms with Gasteiger partial charge in [-0.2, -0.15) is 23.7 Å². The summed E-state index contributed by atoms with van der Waals surface area (Å²) in [6.07, 6.45) is 70.4. The van der Waals surface area contributed by atoms with Gasteiger partial charge in [-0.25, -0.2) is 9.13 Å². The smallest absolute Gasteiger partial charge is 0.340 e. The summed E-state index contributed by atoms with van der Waals surface area (Å²) >= 11 is 0. The zero-order valence-electron chi connectivity index (χ0n) is 64.3. The fraction of sp³-hybridized carbons (Fsp3) is 0.950. The topological polar surface area (TPSA) is 112 Å². The van der Waals surface area contributed by atoms with Crippen LogP contribution in [0, 0.1) is 51.4 Å². The summed E-state index contributed by atoms with van der Waals surface area (Å²) in [7, 11) is -7.69. The molecule has 0 bridgehead atoms. The molecular weight excluding hydrogens is 1200 g/mol. The molecule has 0 aromatic rings. The molecule has 4 atom stereocenters. The van der Waals surface area contributed by atoms with Crippen molar-refractivity contribution in [2.24, 2.45) is 23.7 Å². The molecular formula is C80H170O8P2Ti-2. The van der Waals surface area contributed by atoms with Gasteiger partial charge in [-0.3, -0.25) is 18.1 Å². The fourth-order valence-corrected chi connectivity index (χ4v) is 11.5. The van der Waals surface area contributed by atoms with Crippen LogP contribution in [0.2, 0.25) is 0 Å². The van der Waals surface area contributed by atoms with E-state index in [1.807, 2.05) is 0 Å². The Labute approximate surface area is 591 Å². The van der Waals surface area contributed by atoms with Gasteiger partial charge in [-0.05, 0) is 25.7 Å². The van der Waals surface area contributed by atoms with E-state index in [1.165, 1.54) is 308 Å². The normalized spacial score (nSPS) is 12.5. The molecule has 0 rings (SSSR count). The number of hydrogen-bond donors (Lipinski definition) is 2. The van der Waals surface area contributed by atoms with Crippen LogP contribution < -0.4 is 0 Å². The van der Waals surface area contributed by atoms with E-state index in [9.17, 15) is 18.9 Å². The Morgan fingerprint density at radius 2 is 0.352 bits per heavy atom. The minimum Gasteiger partial charge on any atom is -0.340 e. The van der Waals surface area contributed by atoms with Crippen molar-refractivity contribution in [3.8, 4) is 0 Å². The Morgan fingerprint density at radius 1 is 0.231 bits per heavy atom. The summed E-state index contributed by atoms with van der Waals surface area (Å²) in [5.41, 5.74) is 0. The Hall–Kier alpha value is 0.934. The van der Waals surface area contributed by atoms with Crippen molar-refractivity contribution >= 4 is 15.6 Å². The van der Waals surface area contributed by atoms with Crippen molar-refractivity contribution in [1.82, 2.24) is 0 Å². The van der Waals surface area contributed by atoms with Crippen LogP contribution in [0.25, 0.3) is 0 Å². The van der Waals surface area contributed by atoms with E-state index in [-0.39, 0.29) is 21.7 Å². The maximum Gasteiger partial charge on any atom is 2.00 e. The molecule has 0 fully saturated rings. The van der Waals surface area contributed by atoms with E-state index in [4.69, 9.17) is 18.1 Å². The van der Waals surface area contributed by atoms with Gasteiger partial charge in [0, 0.05) is 0 Å². The SMILES string of the molecule is CCCCCCCCCCCCOP(=O)(O)OCCCCCCCCCCCC.CCCCCCCCCCCCOP(=O)(O)OCCCCCCCCCCCC.[CH2-]C(CC)CCCC.[CH2-]C(CC)CCCC.[CH2-]C(CC)CCCC.[CH2-]C(CC)CCCC.[Ti+2]. The first-order chi connectivity index (χ1) is 43.5. The third kappa shape index (κ3) is 110. The maximum absolute atomic E-state index is 11.8. The second-order valence-electron chi connectivity index (χ2n) is 26.7. The van der Waals surface area contributed by atoms with Crippen LogP contribution in [-0.4, -0.2) is 36.2 Å². The fourth-order valence-electron chi connectivity index (χ4n) is 9.94. The molecule has 0 aliphatic heterocycles. The molecule has 4 unspecified atom stereocenters. The van der Waals surface area contributed by atoms with Crippen molar-refractivity contribution in [1.29, 1.82) is 0 Å². The summed E-state index contributed by atoms with van der Waals surface area (Å²) in [6, 6.07) is 0. The molecule has 0 aromatic carbocycles. The predicted molar refractivity (Wildman–Crippen MR) is 405 cm³/mol. The molecule has 2 N–H and O–H groups in total. The third-order valence-electron chi connectivity index (χ3n) is 17.2. The number of rotatable bonds is 64. The quantitative estimate of drug-likeness (QED) is 0.0268. The van der Waals surface area contributed by atoms with E-state index < -0.39 is 15.6 Å². The average Bonchev–Trinajstić information content (AvgIpc) is 3.72. The minimum absolute atomic E-state index is 0. The second kappa shape index (κ2) is 93.0. The largest absolute Gasteiger partial charge is 2.00 e. The van der Waals surface area contributed by atoms with E-state index in [1.54, 1.807) is 0 Å². The van der Waals surface area contributed by atoms with Gasteiger partial charge in [-0.15, -0.1) is 0 Å². The molecule has 0 radical (unpaired) electrons. The van der Waals surface area contributed by atoms with Crippen molar-refractivity contribution < 1.29 is 58.7 Å². The van der Waals surface area contributed by atoms with Gasteiger partial charge in [-0.1, -0.05) is 417 Å². The van der Waals surface area contributed by atoms with Crippen LogP contribution in [0.5, 0.6) is 0 Å². The number of phosphoric acid groups is 2. The zero-order valence-corrected chi connectivity index (χ0v) is 67.7. The Balaban J connectivity index is -0.000000208. The van der Waals surface area contributed by atoms with Gasteiger partial charge in [0.15, 0.2) is 0 Å². The standard InChI is InChI=1S/2C24H51O4P.4C8H17.Ti/c2*1-3-5-7-9-11-13-15-17-19-21-23-27-29(25,26)28-24-22-20-18-16-14-12-10-8-6-4-2;4*1-4-6-7-8(3)5-2;/h2*3-24H2,1-2H3,(H,25,26);4*8H,3-7H2,1-2H3;/q;;4*-1;+2. The molecule has 0 spiro atoms. The van der Waals surface area contributed by atoms with Crippen LogP contribution in [0.4, 0.5) is 0 Å². The van der Waals surface area contributed by atoms with Gasteiger partial charge < -0.3 is 37.5 Å². The Kier molecular flexibility index (Phi) is 108. The first-order valence-corrected chi connectivity index (χ1v) is 43.0. The molecule has 0 aliphatic carbocycles. The molecule has 0 aromatic heterocycles. The van der Waals surface area contributed by atoms with Crippen LogP contribution in [-0.2, 0) is 48.9 Å².